The maximum atomic E-state index is 12.9. The van der Waals surface area contributed by atoms with Gasteiger partial charge in [0.2, 0.25) is 5.91 Å². The number of carbonyl (C=O) groups is 3. The van der Waals surface area contributed by atoms with Gasteiger partial charge >= 0.3 is 6.03 Å². The number of hydrogen-bond acceptors (Lipinski definition) is 3. The molecule has 31 heavy (non-hydrogen) atoms. The Morgan fingerprint density at radius 3 is 2.42 bits per heavy atom. The Labute approximate surface area is 185 Å². The third kappa shape index (κ3) is 4.41. The molecule has 0 saturated carbocycles. The lowest BCUT2D eigenvalue weighted by atomic mass is 10.1. The van der Waals surface area contributed by atoms with E-state index in [2.05, 4.69) is 11.9 Å². The molecule has 4 rings (SSSR count). The molecule has 4 amide bonds. The van der Waals surface area contributed by atoms with Crippen LogP contribution in [0.5, 0.6) is 0 Å². The molecule has 1 fully saturated rings. The molecule has 2 aromatic carbocycles. The van der Waals surface area contributed by atoms with E-state index in [0.29, 0.717) is 54.6 Å². The molecule has 0 aliphatic carbocycles. The second kappa shape index (κ2) is 8.81. The van der Waals surface area contributed by atoms with E-state index in [-0.39, 0.29) is 24.4 Å². The van der Waals surface area contributed by atoms with E-state index >= 15 is 0 Å². The minimum Gasteiger partial charge on any atom is -0.339 e. The van der Waals surface area contributed by atoms with Crippen molar-refractivity contribution in [3.8, 4) is 0 Å². The Morgan fingerprint density at radius 1 is 0.968 bits per heavy atom. The smallest absolute Gasteiger partial charge is 0.321 e. The molecule has 2 aliphatic rings. The Balaban J connectivity index is 1.34. The van der Waals surface area contributed by atoms with Crippen LogP contribution in [0.15, 0.2) is 55.1 Å². The number of anilines is 1. The molecule has 8 heteroatoms. The number of rotatable bonds is 3. The summed E-state index contributed by atoms with van der Waals surface area (Å²) in [5.74, 6) is -0.356. The minimum absolute atomic E-state index is 0.0545. The average molecular weight is 439 g/mol. The number of hydrogen-bond donors (Lipinski definition) is 1. The Kier molecular flexibility index (Phi) is 5.95. The predicted octanol–water partition coefficient (Wildman–Crippen LogP) is 3.53. The number of benzene rings is 2. The minimum atomic E-state index is -0.227. The van der Waals surface area contributed by atoms with Gasteiger partial charge in [-0.25, -0.2) is 4.79 Å². The third-order valence-corrected chi connectivity index (χ3v) is 5.78. The summed E-state index contributed by atoms with van der Waals surface area (Å²) in [5.41, 5.74) is 2.51. The molecule has 1 N–H and O–H groups in total. The van der Waals surface area contributed by atoms with Gasteiger partial charge in [-0.1, -0.05) is 42.4 Å². The number of amides is 4. The Hall–Kier alpha value is -3.32. The van der Waals surface area contributed by atoms with Crippen LogP contribution in [0.3, 0.4) is 0 Å². The van der Waals surface area contributed by atoms with Crippen LogP contribution < -0.4 is 5.32 Å². The maximum Gasteiger partial charge on any atom is 0.321 e. The standard InChI is InChI=1S/C23H23ClN4O3/c1-16-19-8-2-3-9-20(19)22(30)28(16)15-21(29)26-10-5-11-27(13-12-26)23(31)25-18-7-4-6-17(24)14-18/h2-4,6-9,14H,1,5,10-13,15H2,(H,25,31). The van der Waals surface area contributed by atoms with Crippen molar-refractivity contribution in [1.29, 1.82) is 0 Å². The summed E-state index contributed by atoms with van der Waals surface area (Å²) in [4.78, 5) is 43.0. The van der Waals surface area contributed by atoms with Crippen molar-refractivity contribution < 1.29 is 14.4 Å². The van der Waals surface area contributed by atoms with Gasteiger partial charge in [0.15, 0.2) is 0 Å². The van der Waals surface area contributed by atoms with E-state index in [1.54, 1.807) is 46.2 Å². The van der Waals surface area contributed by atoms with Gasteiger partial charge in [0.25, 0.3) is 5.91 Å². The molecule has 0 aromatic heterocycles. The lowest BCUT2D eigenvalue weighted by molar-refractivity contribution is -0.131. The fourth-order valence-electron chi connectivity index (χ4n) is 3.88. The first-order valence-electron chi connectivity index (χ1n) is 10.1. The fraction of sp³-hybridized carbons (Fsp3) is 0.261. The number of nitrogens with zero attached hydrogens (tertiary/aromatic N) is 3. The predicted molar refractivity (Wildman–Crippen MR) is 120 cm³/mol. The van der Waals surface area contributed by atoms with Gasteiger partial charge in [-0.3, -0.25) is 14.5 Å². The molecule has 0 spiro atoms. The van der Waals surface area contributed by atoms with Crippen LogP contribution in [0.4, 0.5) is 10.5 Å². The second-order valence-corrected chi connectivity index (χ2v) is 7.98. The van der Waals surface area contributed by atoms with Crippen LogP contribution in [-0.2, 0) is 4.79 Å². The lowest BCUT2D eigenvalue weighted by Gasteiger charge is -2.25. The summed E-state index contributed by atoms with van der Waals surface area (Å²) in [6.07, 6.45) is 0.657. The molecule has 0 unspecified atom stereocenters. The fourth-order valence-corrected chi connectivity index (χ4v) is 4.07. The molecule has 2 aromatic rings. The molecular weight excluding hydrogens is 416 g/mol. The van der Waals surface area contributed by atoms with Crippen molar-refractivity contribution >= 4 is 40.8 Å². The highest BCUT2D eigenvalue weighted by Crippen LogP contribution is 2.31. The number of nitrogens with one attached hydrogen (secondary N) is 1. The van der Waals surface area contributed by atoms with Crippen molar-refractivity contribution in [2.75, 3.05) is 38.0 Å². The SMILES string of the molecule is C=C1c2ccccc2C(=O)N1CC(=O)N1CCCN(C(=O)Nc2cccc(Cl)c2)CC1. The van der Waals surface area contributed by atoms with Crippen LogP contribution in [0.25, 0.3) is 5.70 Å². The number of halogens is 1. The summed E-state index contributed by atoms with van der Waals surface area (Å²) in [6.45, 7) is 5.82. The van der Waals surface area contributed by atoms with E-state index in [1.165, 1.54) is 4.90 Å². The topological polar surface area (TPSA) is 73.0 Å². The van der Waals surface area contributed by atoms with E-state index in [9.17, 15) is 14.4 Å². The van der Waals surface area contributed by atoms with Crippen LogP contribution in [0.1, 0.15) is 22.3 Å². The third-order valence-electron chi connectivity index (χ3n) is 5.54. The van der Waals surface area contributed by atoms with Gasteiger partial charge < -0.3 is 15.1 Å². The molecule has 2 aliphatic heterocycles. The van der Waals surface area contributed by atoms with Gasteiger partial charge in [0.05, 0.1) is 0 Å². The normalized spacial score (nSPS) is 16.2. The van der Waals surface area contributed by atoms with Crippen molar-refractivity contribution in [1.82, 2.24) is 14.7 Å². The Morgan fingerprint density at radius 2 is 1.68 bits per heavy atom. The summed E-state index contributed by atoms with van der Waals surface area (Å²) >= 11 is 5.97. The van der Waals surface area contributed by atoms with Crippen molar-refractivity contribution in [2.45, 2.75) is 6.42 Å². The molecular formula is C23H23ClN4O3. The number of fused-ring (bicyclic) bond motifs is 1. The summed E-state index contributed by atoms with van der Waals surface area (Å²) in [5, 5.41) is 3.39. The molecule has 160 valence electrons. The first kappa shape index (κ1) is 20.9. The molecule has 2 heterocycles. The van der Waals surface area contributed by atoms with Gasteiger partial charge in [0.1, 0.15) is 6.54 Å². The zero-order valence-electron chi connectivity index (χ0n) is 17.0. The lowest BCUT2D eigenvalue weighted by Crippen LogP contribution is -2.43. The zero-order chi connectivity index (χ0) is 22.0. The number of carbonyl (C=O) groups excluding carboxylic acids is 3. The highest BCUT2D eigenvalue weighted by molar-refractivity contribution is 6.30. The summed E-state index contributed by atoms with van der Waals surface area (Å²) in [6, 6.07) is 14.0. The van der Waals surface area contributed by atoms with E-state index in [1.807, 2.05) is 12.1 Å². The van der Waals surface area contributed by atoms with Gasteiger partial charge in [-0.05, 0) is 30.7 Å². The monoisotopic (exact) mass is 438 g/mol. The maximum absolute atomic E-state index is 12.9. The van der Waals surface area contributed by atoms with Gasteiger partial charge in [0, 0.05) is 53.7 Å². The highest BCUT2D eigenvalue weighted by Gasteiger charge is 2.33. The summed E-state index contributed by atoms with van der Waals surface area (Å²) < 4.78 is 0. The second-order valence-electron chi connectivity index (χ2n) is 7.55. The van der Waals surface area contributed by atoms with Gasteiger partial charge in [-0.2, -0.15) is 0 Å². The Bertz CT molecular complexity index is 1020. The van der Waals surface area contributed by atoms with Crippen LogP contribution in [0, 0.1) is 0 Å². The van der Waals surface area contributed by atoms with Gasteiger partial charge in [-0.15, -0.1) is 0 Å². The van der Waals surface area contributed by atoms with Crippen LogP contribution in [-0.4, -0.2) is 65.3 Å². The molecule has 0 bridgehead atoms. The van der Waals surface area contributed by atoms with E-state index < -0.39 is 0 Å². The number of urea groups is 1. The van der Waals surface area contributed by atoms with Crippen LogP contribution >= 0.6 is 11.6 Å². The highest BCUT2D eigenvalue weighted by atomic mass is 35.5. The molecule has 1 saturated heterocycles. The largest absolute Gasteiger partial charge is 0.339 e. The van der Waals surface area contributed by atoms with E-state index in [4.69, 9.17) is 11.6 Å². The van der Waals surface area contributed by atoms with Crippen molar-refractivity contribution in [2.24, 2.45) is 0 Å². The zero-order valence-corrected chi connectivity index (χ0v) is 17.8. The summed E-state index contributed by atoms with van der Waals surface area (Å²) in [7, 11) is 0. The average Bonchev–Trinajstić information content (AvgIpc) is 2.93. The first-order chi connectivity index (χ1) is 14.9. The molecule has 0 radical (unpaired) electrons. The van der Waals surface area contributed by atoms with E-state index in [0.717, 1.165) is 5.56 Å². The first-order valence-corrected chi connectivity index (χ1v) is 10.5. The molecule has 7 nitrogen and oxygen atoms in total. The quantitative estimate of drug-likeness (QED) is 0.796. The molecule has 0 atom stereocenters. The van der Waals surface area contributed by atoms with Crippen molar-refractivity contribution in [3.05, 3.63) is 71.3 Å². The van der Waals surface area contributed by atoms with Crippen LogP contribution in [0.2, 0.25) is 5.02 Å². The van der Waals surface area contributed by atoms with Crippen molar-refractivity contribution in [3.63, 3.8) is 0 Å².